The Balaban J connectivity index is 1.44. The highest BCUT2D eigenvalue weighted by Crippen LogP contribution is 2.32. The minimum atomic E-state index is -3.65. The maximum Gasteiger partial charge on any atom is 0.279 e. The molecule has 3 heterocycles. The number of rotatable bonds is 6. The van der Waals surface area contributed by atoms with Crippen LogP contribution in [0, 0.1) is 5.92 Å². The van der Waals surface area contributed by atoms with Crippen molar-refractivity contribution >= 4 is 10.0 Å². The number of hydrogen-bond acceptors (Lipinski definition) is 6. The van der Waals surface area contributed by atoms with Crippen molar-refractivity contribution in [3.8, 4) is 23.0 Å². The number of aromatic nitrogens is 4. The van der Waals surface area contributed by atoms with E-state index in [1.807, 2.05) is 49.5 Å². The first-order valence-corrected chi connectivity index (χ1v) is 12.8. The van der Waals surface area contributed by atoms with Gasteiger partial charge in [0.05, 0.1) is 4.90 Å². The van der Waals surface area contributed by atoms with Gasteiger partial charge in [0.2, 0.25) is 15.8 Å². The Labute approximate surface area is 199 Å². The number of sulfonamides is 1. The van der Waals surface area contributed by atoms with Crippen molar-refractivity contribution in [3.63, 3.8) is 0 Å². The summed E-state index contributed by atoms with van der Waals surface area (Å²) in [5.41, 5.74) is 4.28. The summed E-state index contributed by atoms with van der Waals surface area (Å²) >= 11 is 0. The molecule has 5 rings (SSSR count). The molecule has 2 aromatic heterocycles. The Hall–Kier alpha value is -3.30. The zero-order valence-electron chi connectivity index (χ0n) is 19.5. The van der Waals surface area contributed by atoms with Crippen LogP contribution in [0.2, 0.25) is 0 Å². The topological polar surface area (TPSA) is 94.1 Å². The first-order valence-electron chi connectivity index (χ1n) is 11.4. The smallest absolute Gasteiger partial charge is 0.279 e. The van der Waals surface area contributed by atoms with E-state index in [1.165, 1.54) is 4.31 Å². The molecule has 4 aromatic rings. The minimum Gasteiger partial charge on any atom is -0.332 e. The van der Waals surface area contributed by atoms with E-state index < -0.39 is 10.0 Å². The van der Waals surface area contributed by atoms with Crippen LogP contribution in [-0.4, -0.2) is 39.2 Å². The normalized spacial score (nSPS) is 14.5. The standard InChI is InChI=1S/C25H27N5O3S/c1-17(2)15-18-9-11-20(12-10-18)34(31,32)30-14-13-22-21(16-30)23(27-29(22)3)25-26-24(28-33-25)19-7-5-4-6-8-19/h4-12,17H,13-16H2,1-3H3. The van der Waals surface area contributed by atoms with Crippen molar-refractivity contribution in [1.82, 2.24) is 24.2 Å². The van der Waals surface area contributed by atoms with Gasteiger partial charge in [-0.3, -0.25) is 4.68 Å². The first-order chi connectivity index (χ1) is 16.3. The number of fused-ring (bicyclic) bond motifs is 1. The van der Waals surface area contributed by atoms with E-state index in [9.17, 15) is 8.42 Å². The Morgan fingerprint density at radius 1 is 1.06 bits per heavy atom. The van der Waals surface area contributed by atoms with Crippen LogP contribution in [0.3, 0.4) is 0 Å². The molecule has 0 unspecified atom stereocenters. The number of hydrogen-bond donors (Lipinski definition) is 0. The summed E-state index contributed by atoms with van der Waals surface area (Å²) in [5.74, 6) is 1.27. The van der Waals surface area contributed by atoms with Gasteiger partial charge < -0.3 is 4.52 Å². The van der Waals surface area contributed by atoms with E-state index in [1.54, 1.807) is 16.8 Å². The Kier molecular flexibility index (Phi) is 5.83. The summed E-state index contributed by atoms with van der Waals surface area (Å²) in [6.45, 7) is 4.89. The van der Waals surface area contributed by atoms with Gasteiger partial charge >= 0.3 is 0 Å². The number of benzene rings is 2. The van der Waals surface area contributed by atoms with Crippen molar-refractivity contribution in [2.75, 3.05) is 6.54 Å². The maximum atomic E-state index is 13.4. The molecule has 0 fully saturated rings. The fourth-order valence-electron chi connectivity index (χ4n) is 4.39. The van der Waals surface area contributed by atoms with Crippen molar-refractivity contribution < 1.29 is 12.9 Å². The molecule has 0 bridgehead atoms. The highest BCUT2D eigenvalue weighted by atomic mass is 32.2. The minimum absolute atomic E-state index is 0.206. The molecular weight excluding hydrogens is 450 g/mol. The quantitative estimate of drug-likeness (QED) is 0.415. The molecule has 0 aliphatic carbocycles. The number of nitrogens with zero attached hydrogens (tertiary/aromatic N) is 5. The number of aryl methyl sites for hydroxylation is 1. The second kappa shape index (κ2) is 8.81. The Bertz CT molecular complexity index is 1410. The van der Waals surface area contributed by atoms with Crippen molar-refractivity contribution in [2.45, 2.75) is 38.1 Å². The molecule has 1 aliphatic heterocycles. The molecule has 0 atom stereocenters. The third-order valence-electron chi connectivity index (χ3n) is 6.07. The SMILES string of the molecule is CC(C)Cc1ccc(S(=O)(=O)N2CCc3c(c(-c4nc(-c5ccccc5)no4)nn3C)C2)cc1. The monoisotopic (exact) mass is 477 g/mol. The van der Waals surface area contributed by atoms with Crippen molar-refractivity contribution in [1.29, 1.82) is 0 Å². The molecule has 0 N–H and O–H groups in total. The van der Waals surface area contributed by atoms with Crippen LogP contribution in [0.4, 0.5) is 0 Å². The zero-order valence-corrected chi connectivity index (χ0v) is 20.3. The summed E-state index contributed by atoms with van der Waals surface area (Å²) in [6, 6.07) is 16.8. The third kappa shape index (κ3) is 4.17. The molecule has 8 nitrogen and oxygen atoms in total. The van der Waals surface area contributed by atoms with E-state index in [-0.39, 0.29) is 12.4 Å². The van der Waals surface area contributed by atoms with E-state index in [0.717, 1.165) is 28.8 Å². The molecule has 2 aromatic carbocycles. The lowest BCUT2D eigenvalue weighted by molar-refractivity contribution is 0.385. The summed E-state index contributed by atoms with van der Waals surface area (Å²) in [7, 11) is -1.79. The summed E-state index contributed by atoms with van der Waals surface area (Å²) in [4.78, 5) is 4.83. The van der Waals surface area contributed by atoms with E-state index in [4.69, 9.17) is 4.52 Å². The lowest BCUT2D eigenvalue weighted by atomic mass is 10.0. The average Bonchev–Trinajstić information content (AvgIpc) is 3.44. The fourth-order valence-corrected chi connectivity index (χ4v) is 5.80. The first kappa shape index (κ1) is 22.5. The fraction of sp³-hybridized carbons (Fsp3) is 0.320. The van der Waals surface area contributed by atoms with Gasteiger partial charge in [-0.05, 0) is 30.0 Å². The molecular formula is C25H27N5O3S. The molecule has 34 heavy (non-hydrogen) atoms. The van der Waals surface area contributed by atoms with Gasteiger partial charge in [0, 0.05) is 43.4 Å². The molecule has 1 aliphatic rings. The predicted octanol–water partition coefficient (Wildman–Crippen LogP) is 4.08. The lowest BCUT2D eigenvalue weighted by Crippen LogP contribution is -2.36. The second-order valence-corrected chi connectivity index (χ2v) is 11.0. The second-order valence-electron chi connectivity index (χ2n) is 9.02. The summed E-state index contributed by atoms with van der Waals surface area (Å²) < 4.78 is 35.7. The van der Waals surface area contributed by atoms with Crippen LogP contribution in [0.15, 0.2) is 64.0 Å². The highest BCUT2D eigenvalue weighted by Gasteiger charge is 2.33. The predicted molar refractivity (Wildman–Crippen MR) is 128 cm³/mol. The van der Waals surface area contributed by atoms with Gasteiger partial charge in [-0.1, -0.05) is 61.5 Å². The van der Waals surface area contributed by atoms with E-state index >= 15 is 0 Å². The van der Waals surface area contributed by atoms with Crippen LogP contribution < -0.4 is 0 Å². The van der Waals surface area contributed by atoms with Crippen molar-refractivity contribution in [3.05, 3.63) is 71.4 Å². The summed E-state index contributed by atoms with van der Waals surface area (Å²) in [6.07, 6.45) is 1.48. The summed E-state index contributed by atoms with van der Waals surface area (Å²) in [5, 5.41) is 8.69. The molecule has 176 valence electrons. The lowest BCUT2D eigenvalue weighted by Gasteiger charge is -2.26. The van der Waals surface area contributed by atoms with Crippen LogP contribution in [0.25, 0.3) is 23.0 Å². The largest absolute Gasteiger partial charge is 0.332 e. The molecule has 0 spiro atoms. The van der Waals surface area contributed by atoms with Gasteiger partial charge in [0.25, 0.3) is 5.89 Å². The van der Waals surface area contributed by atoms with Gasteiger partial charge in [-0.25, -0.2) is 8.42 Å². The van der Waals surface area contributed by atoms with Gasteiger partial charge in [-0.2, -0.15) is 14.4 Å². The van der Waals surface area contributed by atoms with Crippen LogP contribution in [0.1, 0.15) is 30.7 Å². The van der Waals surface area contributed by atoms with E-state index in [2.05, 4.69) is 29.1 Å². The third-order valence-corrected chi connectivity index (χ3v) is 7.93. The van der Waals surface area contributed by atoms with Gasteiger partial charge in [-0.15, -0.1) is 0 Å². The Morgan fingerprint density at radius 3 is 2.50 bits per heavy atom. The molecule has 0 amide bonds. The molecule has 0 saturated carbocycles. The van der Waals surface area contributed by atoms with E-state index in [0.29, 0.717) is 35.3 Å². The average molecular weight is 478 g/mol. The van der Waals surface area contributed by atoms with Crippen LogP contribution >= 0.6 is 0 Å². The van der Waals surface area contributed by atoms with Gasteiger partial charge in [0.1, 0.15) is 0 Å². The van der Waals surface area contributed by atoms with Crippen LogP contribution in [-0.2, 0) is 36.5 Å². The highest BCUT2D eigenvalue weighted by molar-refractivity contribution is 7.89. The maximum absolute atomic E-state index is 13.4. The van der Waals surface area contributed by atoms with Gasteiger partial charge in [0.15, 0.2) is 5.69 Å². The molecule has 0 saturated heterocycles. The Morgan fingerprint density at radius 2 is 1.79 bits per heavy atom. The molecule has 0 radical (unpaired) electrons. The van der Waals surface area contributed by atoms with Crippen molar-refractivity contribution in [2.24, 2.45) is 13.0 Å². The zero-order chi connectivity index (χ0) is 23.9. The van der Waals surface area contributed by atoms with Crippen LogP contribution in [0.5, 0.6) is 0 Å². The molecule has 9 heteroatoms.